The molecule has 0 radical (unpaired) electrons. The van der Waals surface area contributed by atoms with E-state index < -0.39 is 0 Å². The van der Waals surface area contributed by atoms with Crippen molar-refractivity contribution in [3.05, 3.63) is 59.7 Å². The molecule has 0 aliphatic carbocycles. The van der Waals surface area contributed by atoms with Gasteiger partial charge in [0.25, 0.3) is 5.91 Å². The Morgan fingerprint density at radius 1 is 1.12 bits per heavy atom. The number of imidazole rings is 1. The van der Waals surface area contributed by atoms with E-state index >= 15 is 0 Å². The molecule has 1 aromatic heterocycles. The number of rotatable bonds is 4. The van der Waals surface area contributed by atoms with Crippen molar-refractivity contribution < 1.29 is 14.1 Å². The summed E-state index contributed by atoms with van der Waals surface area (Å²) in [5.41, 5.74) is 2.92. The number of hydrogen-bond acceptors (Lipinski definition) is 2. The summed E-state index contributed by atoms with van der Waals surface area (Å²) < 4.78 is 13.0. The first-order chi connectivity index (χ1) is 12.7. The number of aromatic amines is 1. The van der Waals surface area contributed by atoms with Crippen molar-refractivity contribution in [1.29, 1.82) is 0 Å². The molecule has 1 fully saturated rings. The predicted octanol–water partition coefficient (Wildman–Crippen LogP) is 2.52. The van der Waals surface area contributed by atoms with Gasteiger partial charge < -0.3 is 15.2 Å². The van der Waals surface area contributed by atoms with Crippen molar-refractivity contribution in [2.24, 2.45) is 0 Å². The van der Waals surface area contributed by atoms with Crippen LogP contribution in [0.3, 0.4) is 0 Å². The van der Waals surface area contributed by atoms with Gasteiger partial charge in [-0.05, 0) is 61.7 Å². The van der Waals surface area contributed by atoms with Gasteiger partial charge in [0, 0.05) is 11.3 Å². The number of aromatic nitrogens is 2. The van der Waals surface area contributed by atoms with Crippen molar-refractivity contribution in [3.63, 3.8) is 0 Å². The standard InChI is InChI=1S/C20H21FN4O/c21-15-6-4-14(5-7-15)20(26)22-16-8-9-17-18(12-16)24-19(23-17)13-25-10-2-1-3-11-25/h4-9,12H,1-3,10-11,13H2,(H,22,26)(H,23,24)/p+1. The number of amides is 1. The molecular weight excluding hydrogens is 331 g/mol. The van der Waals surface area contributed by atoms with Gasteiger partial charge in [-0.25, -0.2) is 9.37 Å². The van der Waals surface area contributed by atoms with Gasteiger partial charge in [0.2, 0.25) is 0 Å². The highest BCUT2D eigenvalue weighted by atomic mass is 19.1. The van der Waals surface area contributed by atoms with Crippen LogP contribution in [0.2, 0.25) is 0 Å². The molecule has 26 heavy (non-hydrogen) atoms. The Balaban J connectivity index is 1.48. The van der Waals surface area contributed by atoms with Crippen LogP contribution in [0.25, 0.3) is 11.0 Å². The molecule has 2 aromatic carbocycles. The van der Waals surface area contributed by atoms with Crippen LogP contribution < -0.4 is 10.2 Å². The second kappa shape index (κ2) is 7.25. The predicted molar refractivity (Wildman–Crippen MR) is 98.7 cm³/mol. The highest BCUT2D eigenvalue weighted by Crippen LogP contribution is 2.18. The van der Waals surface area contributed by atoms with E-state index in [-0.39, 0.29) is 11.7 Å². The summed E-state index contributed by atoms with van der Waals surface area (Å²) in [6.45, 7) is 3.32. The van der Waals surface area contributed by atoms with Crippen molar-refractivity contribution in [3.8, 4) is 0 Å². The zero-order valence-electron chi connectivity index (χ0n) is 14.5. The molecule has 1 amide bonds. The first kappa shape index (κ1) is 16.7. The molecule has 1 saturated heterocycles. The monoisotopic (exact) mass is 353 g/mol. The highest BCUT2D eigenvalue weighted by Gasteiger charge is 2.16. The van der Waals surface area contributed by atoms with Crippen LogP contribution in [-0.2, 0) is 6.54 Å². The second-order valence-electron chi connectivity index (χ2n) is 6.86. The maximum atomic E-state index is 13.0. The van der Waals surface area contributed by atoms with Gasteiger partial charge in [-0.3, -0.25) is 4.79 Å². The van der Waals surface area contributed by atoms with Crippen LogP contribution >= 0.6 is 0 Å². The van der Waals surface area contributed by atoms with Crippen LogP contribution in [0.1, 0.15) is 35.4 Å². The van der Waals surface area contributed by atoms with E-state index in [1.807, 2.05) is 18.2 Å². The Labute approximate surface area is 151 Å². The number of likely N-dealkylation sites (tertiary alicyclic amines) is 1. The van der Waals surface area contributed by atoms with Crippen molar-refractivity contribution >= 4 is 22.6 Å². The Bertz CT molecular complexity index is 913. The molecular formula is C20H22FN4O+. The number of nitrogens with one attached hydrogen (secondary N) is 3. The van der Waals surface area contributed by atoms with E-state index in [4.69, 9.17) is 0 Å². The minimum Gasteiger partial charge on any atom is -0.337 e. The van der Waals surface area contributed by atoms with E-state index in [1.54, 1.807) is 4.90 Å². The molecule has 134 valence electrons. The summed E-state index contributed by atoms with van der Waals surface area (Å²) in [7, 11) is 0. The van der Waals surface area contributed by atoms with E-state index in [9.17, 15) is 9.18 Å². The number of nitrogens with zero attached hydrogens (tertiary/aromatic N) is 1. The molecule has 1 aliphatic heterocycles. The largest absolute Gasteiger partial charge is 0.337 e. The average Bonchev–Trinajstić information content (AvgIpc) is 3.04. The lowest BCUT2D eigenvalue weighted by Crippen LogP contribution is -3.11. The average molecular weight is 353 g/mol. The van der Waals surface area contributed by atoms with Gasteiger partial charge in [0.1, 0.15) is 12.4 Å². The fourth-order valence-corrected chi connectivity index (χ4v) is 3.49. The quantitative estimate of drug-likeness (QED) is 0.675. The summed E-state index contributed by atoms with van der Waals surface area (Å²) >= 11 is 0. The van der Waals surface area contributed by atoms with Gasteiger partial charge >= 0.3 is 0 Å². The molecule has 4 rings (SSSR count). The summed E-state index contributed by atoms with van der Waals surface area (Å²) in [5.74, 6) is 0.365. The van der Waals surface area contributed by atoms with Crippen LogP contribution in [-0.4, -0.2) is 29.0 Å². The summed E-state index contributed by atoms with van der Waals surface area (Å²) in [6, 6.07) is 11.1. The SMILES string of the molecule is O=C(Nc1ccc2nc(C[NH+]3CCCCC3)[nH]c2c1)c1ccc(F)cc1. The summed E-state index contributed by atoms with van der Waals surface area (Å²) in [5, 5.41) is 2.85. The fourth-order valence-electron chi connectivity index (χ4n) is 3.49. The maximum Gasteiger partial charge on any atom is 0.255 e. The number of anilines is 1. The van der Waals surface area contributed by atoms with Gasteiger partial charge in [0.15, 0.2) is 5.82 Å². The number of benzene rings is 2. The lowest BCUT2D eigenvalue weighted by molar-refractivity contribution is -0.919. The van der Waals surface area contributed by atoms with Crippen LogP contribution in [0.4, 0.5) is 10.1 Å². The minimum absolute atomic E-state index is 0.262. The molecule has 0 unspecified atom stereocenters. The van der Waals surface area contributed by atoms with Crippen LogP contribution in [0.5, 0.6) is 0 Å². The van der Waals surface area contributed by atoms with E-state index in [2.05, 4.69) is 15.3 Å². The molecule has 3 N–H and O–H groups in total. The molecule has 5 nitrogen and oxygen atoms in total. The second-order valence-corrected chi connectivity index (χ2v) is 6.86. The van der Waals surface area contributed by atoms with Gasteiger partial charge in [-0.1, -0.05) is 0 Å². The Morgan fingerprint density at radius 2 is 1.88 bits per heavy atom. The summed E-state index contributed by atoms with van der Waals surface area (Å²) in [6.07, 6.45) is 3.91. The van der Waals surface area contributed by atoms with Gasteiger partial charge in [-0.15, -0.1) is 0 Å². The number of halogens is 1. The Hall–Kier alpha value is -2.73. The number of H-pyrrole nitrogens is 1. The fraction of sp³-hybridized carbons (Fsp3) is 0.300. The Morgan fingerprint density at radius 3 is 2.65 bits per heavy atom. The lowest BCUT2D eigenvalue weighted by atomic mass is 10.1. The number of hydrogen-bond donors (Lipinski definition) is 3. The number of fused-ring (bicyclic) bond motifs is 1. The smallest absolute Gasteiger partial charge is 0.255 e. The zero-order chi connectivity index (χ0) is 17.9. The number of carbonyl (C=O) groups excluding carboxylic acids is 1. The molecule has 0 atom stereocenters. The topological polar surface area (TPSA) is 62.2 Å². The number of carbonyl (C=O) groups is 1. The van der Waals surface area contributed by atoms with Crippen molar-refractivity contribution in [2.75, 3.05) is 18.4 Å². The first-order valence-corrected chi connectivity index (χ1v) is 9.06. The normalized spacial score (nSPS) is 15.3. The first-order valence-electron chi connectivity index (χ1n) is 9.06. The third kappa shape index (κ3) is 3.75. The van der Waals surface area contributed by atoms with E-state index in [0.29, 0.717) is 11.3 Å². The van der Waals surface area contributed by atoms with Crippen LogP contribution in [0, 0.1) is 5.82 Å². The third-order valence-electron chi connectivity index (χ3n) is 4.87. The number of quaternary nitrogens is 1. The molecule has 0 spiro atoms. The minimum atomic E-state index is -0.358. The molecule has 2 heterocycles. The van der Waals surface area contributed by atoms with Gasteiger partial charge in [0.05, 0.1) is 24.1 Å². The van der Waals surface area contributed by atoms with Crippen LogP contribution in [0.15, 0.2) is 42.5 Å². The van der Waals surface area contributed by atoms with Gasteiger partial charge in [-0.2, -0.15) is 0 Å². The molecule has 0 bridgehead atoms. The third-order valence-corrected chi connectivity index (χ3v) is 4.87. The molecule has 1 aliphatic rings. The van der Waals surface area contributed by atoms with E-state index in [0.717, 1.165) is 23.4 Å². The zero-order valence-corrected chi connectivity index (χ0v) is 14.5. The Kier molecular flexibility index (Phi) is 4.67. The molecule has 0 saturated carbocycles. The van der Waals surface area contributed by atoms with Crippen molar-refractivity contribution in [2.45, 2.75) is 25.8 Å². The highest BCUT2D eigenvalue weighted by molar-refractivity contribution is 6.04. The molecule has 6 heteroatoms. The van der Waals surface area contributed by atoms with Crippen molar-refractivity contribution in [1.82, 2.24) is 9.97 Å². The summed E-state index contributed by atoms with van der Waals surface area (Å²) in [4.78, 5) is 21.9. The number of piperidine rings is 1. The lowest BCUT2D eigenvalue weighted by Gasteiger charge is -2.22. The van der Waals surface area contributed by atoms with E-state index in [1.165, 1.54) is 56.6 Å². The molecule has 3 aromatic rings. The maximum absolute atomic E-state index is 13.0.